The minimum Gasteiger partial charge on any atom is -0.355 e. The Morgan fingerprint density at radius 2 is 2.15 bits per heavy atom. The summed E-state index contributed by atoms with van der Waals surface area (Å²) in [7, 11) is 0. The van der Waals surface area contributed by atoms with Crippen molar-refractivity contribution in [2.24, 2.45) is 11.8 Å². The van der Waals surface area contributed by atoms with Gasteiger partial charge in [-0.15, -0.1) is 0 Å². The quantitative estimate of drug-likeness (QED) is 0.714. The second kappa shape index (κ2) is 9.35. The number of amides is 1. The molecule has 2 N–H and O–H groups in total. The molecule has 0 aromatic rings. The van der Waals surface area contributed by atoms with E-state index in [1.54, 1.807) is 0 Å². The number of hydrogen-bond donors (Lipinski definition) is 2. The Labute approximate surface area is 124 Å². The lowest BCUT2D eigenvalue weighted by molar-refractivity contribution is -0.126. The van der Waals surface area contributed by atoms with Crippen molar-refractivity contribution < 1.29 is 4.79 Å². The Balaban J connectivity index is 2.36. The number of hydrogen-bond acceptors (Lipinski definition) is 3. The van der Waals surface area contributed by atoms with Gasteiger partial charge in [0.2, 0.25) is 5.91 Å². The summed E-state index contributed by atoms with van der Waals surface area (Å²) in [5.41, 5.74) is 0. The van der Waals surface area contributed by atoms with E-state index in [4.69, 9.17) is 0 Å². The third-order valence-electron chi connectivity index (χ3n) is 4.25. The summed E-state index contributed by atoms with van der Waals surface area (Å²) in [6, 6.07) is -0.0194. The molecule has 0 saturated carbocycles. The van der Waals surface area contributed by atoms with E-state index >= 15 is 0 Å². The number of carbonyl (C=O) groups is 1. The molecule has 1 aliphatic rings. The summed E-state index contributed by atoms with van der Waals surface area (Å²) in [5, 5.41) is 6.52. The standard InChI is InChI=1S/C16H33N3O/c1-5-19(12-15-7-6-9-17-11-15)14(4)16(20)18-10-8-13(2)3/h13-15,17H,5-12H2,1-4H3,(H,18,20). The Kier molecular flexibility index (Phi) is 8.15. The molecule has 0 spiro atoms. The highest BCUT2D eigenvalue weighted by Crippen LogP contribution is 2.13. The average Bonchev–Trinajstić information content (AvgIpc) is 2.44. The molecule has 0 bridgehead atoms. The van der Waals surface area contributed by atoms with E-state index in [2.05, 4.69) is 36.3 Å². The van der Waals surface area contributed by atoms with Crippen LogP contribution in [-0.2, 0) is 4.79 Å². The summed E-state index contributed by atoms with van der Waals surface area (Å²) in [5.74, 6) is 1.51. The second-order valence-electron chi connectivity index (χ2n) is 6.45. The van der Waals surface area contributed by atoms with Crippen molar-refractivity contribution in [1.82, 2.24) is 15.5 Å². The summed E-state index contributed by atoms with van der Waals surface area (Å²) < 4.78 is 0. The molecule has 1 aliphatic heterocycles. The first-order valence-corrected chi connectivity index (χ1v) is 8.27. The first-order chi connectivity index (χ1) is 9.54. The predicted octanol–water partition coefficient (Wildman–Crippen LogP) is 1.86. The van der Waals surface area contributed by atoms with E-state index in [9.17, 15) is 4.79 Å². The highest BCUT2D eigenvalue weighted by Gasteiger charge is 2.23. The zero-order valence-electron chi connectivity index (χ0n) is 13.7. The molecule has 1 heterocycles. The van der Waals surface area contributed by atoms with Gasteiger partial charge in [0.25, 0.3) is 0 Å². The number of likely N-dealkylation sites (N-methyl/N-ethyl adjacent to an activating group) is 1. The van der Waals surface area contributed by atoms with E-state index in [0.717, 1.165) is 39.1 Å². The van der Waals surface area contributed by atoms with Crippen LogP contribution in [0.2, 0.25) is 0 Å². The predicted molar refractivity (Wildman–Crippen MR) is 84.8 cm³/mol. The molecule has 1 saturated heterocycles. The van der Waals surface area contributed by atoms with Gasteiger partial charge in [-0.2, -0.15) is 0 Å². The molecule has 0 radical (unpaired) electrons. The zero-order chi connectivity index (χ0) is 15.0. The Morgan fingerprint density at radius 1 is 1.40 bits per heavy atom. The van der Waals surface area contributed by atoms with Crippen molar-refractivity contribution in [3.8, 4) is 0 Å². The summed E-state index contributed by atoms with van der Waals surface area (Å²) in [4.78, 5) is 14.5. The molecule has 4 nitrogen and oxygen atoms in total. The molecule has 2 unspecified atom stereocenters. The Morgan fingerprint density at radius 3 is 2.70 bits per heavy atom. The van der Waals surface area contributed by atoms with Crippen LogP contribution in [0.25, 0.3) is 0 Å². The summed E-state index contributed by atoms with van der Waals surface area (Å²) >= 11 is 0. The van der Waals surface area contributed by atoms with Crippen molar-refractivity contribution in [3.63, 3.8) is 0 Å². The first-order valence-electron chi connectivity index (χ1n) is 8.27. The largest absolute Gasteiger partial charge is 0.355 e. The van der Waals surface area contributed by atoms with Crippen molar-refractivity contribution in [3.05, 3.63) is 0 Å². The van der Waals surface area contributed by atoms with Gasteiger partial charge in [0.1, 0.15) is 0 Å². The van der Waals surface area contributed by atoms with Crippen LogP contribution in [0.15, 0.2) is 0 Å². The van der Waals surface area contributed by atoms with Crippen molar-refractivity contribution in [2.45, 2.75) is 53.0 Å². The van der Waals surface area contributed by atoms with Gasteiger partial charge in [0.05, 0.1) is 6.04 Å². The monoisotopic (exact) mass is 283 g/mol. The first kappa shape index (κ1) is 17.4. The van der Waals surface area contributed by atoms with Crippen LogP contribution in [0.3, 0.4) is 0 Å². The van der Waals surface area contributed by atoms with Crippen molar-refractivity contribution in [2.75, 3.05) is 32.7 Å². The molecule has 1 rings (SSSR count). The van der Waals surface area contributed by atoms with Gasteiger partial charge in [0, 0.05) is 13.1 Å². The Hall–Kier alpha value is -0.610. The van der Waals surface area contributed by atoms with E-state index in [1.807, 2.05) is 6.92 Å². The fourth-order valence-electron chi connectivity index (χ4n) is 2.77. The lowest BCUT2D eigenvalue weighted by atomic mass is 9.98. The topological polar surface area (TPSA) is 44.4 Å². The van der Waals surface area contributed by atoms with Gasteiger partial charge >= 0.3 is 0 Å². The van der Waals surface area contributed by atoms with Gasteiger partial charge in [0.15, 0.2) is 0 Å². The Bertz CT molecular complexity index is 275. The van der Waals surface area contributed by atoms with Crippen LogP contribution >= 0.6 is 0 Å². The van der Waals surface area contributed by atoms with Crippen LogP contribution in [0.5, 0.6) is 0 Å². The smallest absolute Gasteiger partial charge is 0.237 e. The molecular weight excluding hydrogens is 250 g/mol. The van der Waals surface area contributed by atoms with Gasteiger partial charge < -0.3 is 10.6 Å². The van der Waals surface area contributed by atoms with E-state index in [1.165, 1.54) is 12.8 Å². The lowest BCUT2D eigenvalue weighted by Crippen LogP contribution is -2.48. The molecule has 118 valence electrons. The van der Waals surface area contributed by atoms with Crippen LogP contribution < -0.4 is 10.6 Å². The number of nitrogens with one attached hydrogen (secondary N) is 2. The number of carbonyl (C=O) groups excluding carboxylic acids is 1. The third kappa shape index (κ3) is 6.23. The summed E-state index contributed by atoms with van der Waals surface area (Å²) in [6.07, 6.45) is 3.60. The fourth-order valence-corrected chi connectivity index (χ4v) is 2.77. The molecule has 4 heteroatoms. The number of rotatable bonds is 8. The van der Waals surface area contributed by atoms with E-state index < -0.39 is 0 Å². The molecule has 2 atom stereocenters. The fraction of sp³-hybridized carbons (Fsp3) is 0.938. The minimum atomic E-state index is -0.0194. The maximum Gasteiger partial charge on any atom is 0.237 e. The normalized spacial score (nSPS) is 21.2. The van der Waals surface area contributed by atoms with Crippen molar-refractivity contribution >= 4 is 5.91 Å². The van der Waals surface area contributed by atoms with E-state index in [0.29, 0.717) is 11.8 Å². The molecule has 1 fully saturated rings. The van der Waals surface area contributed by atoms with Crippen molar-refractivity contribution in [1.29, 1.82) is 0 Å². The van der Waals surface area contributed by atoms with Gasteiger partial charge in [-0.1, -0.05) is 20.8 Å². The summed E-state index contributed by atoms with van der Waals surface area (Å²) in [6.45, 7) is 13.6. The highest BCUT2D eigenvalue weighted by molar-refractivity contribution is 5.81. The molecule has 20 heavy (non-hydrogen) atoms. The third-order valence-corrected chi connectivity index (χ3v) is 4.25. The van der Waals surface area contributed by atoms with Gasteiger partial charge in [-0.05, 0) is 57.7 Å². The van der Waals surface area contributed by atoms with Crippen LogP contribution in [0, 0.1) is 11.8 Å². The van der Waals surface area contributed by atoms with Crippen LogP contribution in [-0.4, -0.2) is 49.6 Å². The van der Waals surface area contributed by atoms with Crippen LogP contribution in [0.4, 0.5) is 0 Å². The molecule has 0 aromatic heterocycles. The van der Waals surface area contributed by atoms with Gasteiger partial charge in [-0.25, -0.2) is 0 Å². The lowest BCUT2D eigenvalue weighted by Gasteiger charge is -2.32. The highest BCUT2D eigenvalue weighted by atomic mass is 16.2. The van der Waals surface area contributed by atoms with Crippen LogP contribution in [0.1, 0.15) is 47.0 Å². The molecule has 0 aliphatic carbocycles. The molecule has 0 aromatic carbocycles. The SMILES string of the molecule is CCN(CC1CCCNC1)C(C)C(=O)NCCC(C)C. The minimum absolute atomic E-state index is 0.0194. The van der Waals surface area contributed by atoms with Gasteiger partial charge in [-0.3, -0.25) is 9.69 Å². The van der Waals surface area contributed by atoms with E-state index in [-0.39, 0.29) is 11.9 Å². The maximum atomic E-state index is 12.2. The number of nitrogens with zero attached hydrogens (tertiary/aromatic N) is 1. The number of piperidine rings is 1. The molecular formula is C16H33N3O. The zero-order valence-corrected chi connectivity index (χ0v) is 13.7. The second-order valence-corrected chi connectivity index (χ2v) is 6.45. The average molecular weight is 283 g/mol. The molecule has 1 amide bonds. The maximum absolute atomic E-state index is 12.2.